The van der Waals surface area contributed by atoms with Crippen LogP contribution in [0.5, 0.6) is 0 Å². The zero-order valence-electron chi connectivity index (χ0n) is 16.2. The van der Waals surface area contributed by atoms with Crippen LogP contribution in [0, 0.1) is 6.92 Å². The molecule has 0 saturated carbocycles. The second-order valence-electron chi connectivity index (χ2n) is 6.50. The number of hydrogen-bond donors (Lipinski definition) is 3. The lowest BCUT2D eigenvalue weighted by molar-refractivity contribution is -0.138. The largest absolute Gasteiger partial charge is 0.480 e. The van der Waals surface area contributed by atoms with E-state index >= 15 is 0 Å². The molecule has 162 valence electrons. The minimum absolute atomic E-state index is 0.0588. The van der Waals surface area contributed by atoms with Gasteiger partial charge in [0, 0.05) is 24.5 Å². The molecule has 11 heteroatoms. The number of benzene rings is 1. The van der Waals surface area contributed by atoms with Crippen molar-refractivity contribution < 1.29 is 23.1 Å². The van der Waals surface area contributed by atoms with Crippen molar-refractivity contribution in [3.8, 4) is 11.1 Å². The van der Waals surface area contributed by atoms with Crippen LogP contribution in [0.25, 0.3) is 11.1 Å². The molecule has 0 radical (unpaired) electrons. The van der Waals surface area contributed by atoms with Gasteiger partial charge in [-0.3, -0.25) is 14.6 Å². The van der Waals surface area contributed by atoms with E-state index in [0.717, 1.165) is 16.9 Å². The fourth-order valence-corrected chi connectivity index (χ4v) is 5.30. The Morgan fingerprint density at radius 1 is 1.19 bits per heavy atom. The first-order chi connectivity index (χ1) is 14.7. The van der Waals surface area contributed by atoms with Gasteiger partial charge in [0.25, 0.3) is 5.91 Å². The summed E-state index contributed by atoms with van der Waals surface area (Å²) in [7, 11) is -4.20. The number of aromatic nitrogens is 1. The molecule has 2 heterocycles. The average Bonchev–Trinajstić information content (AvgIpc) is 3.17. The Morgan fingerprint density at radius 3 is 2.58 bits per heavy atom. The lowest BCUT2D eigenvalue weighted by atomic mass is 10.0. The van der Waals surface area contributed by atoms with Gasteiger partial charge in [0.05, 0.1) is 14.1 Å². The maximum absolute atomic E-state index is 13.0. The SMILES string of the molecule is Cc1c(-c2cccnc2)cccc1S(=O)(=O)NC(CNC(=O)c1ccc(Cl)s1)C(=O)O. The van der Waals surface area contributed by atoms with E-state index in [1.165, 1.54) is 18.2 Å². The second kappa shape index (κ2) is 9.56. The Morgan fingerprint density at radius 2 is 1.97 bits per heavy atom. The van der Waals surface area contributed by atoms with Gasteiger partial charge in [-0.05, 0) is 42.3 Å². The van der Waals surface area contributed by atoms with E-state index in [0.29, 0.717) is 15.5 Å². The Hall–Kier alpha value is -2.79. The molecule has 3 N–H and O–H groups in total. The number of rotatable bonds is 8. The highest BCUT2D eigenvalue weighted by molar-refractivity contribution is 7.89. The van der Waals surface area contributed by atoms with Gasteiger partial charge in [0.1, 0.15) is 6.04 Å². The molecule has 0 aliphatic carbocycles. The molecule has 3 rings (SSSR count). The molecule has 8 nitrogen and oxygen atoms in total. The molecule has 0 spiro atoms. The van der Waals surface area contributed by atoms with Crippen molar-refractivity contribution in [2.24, 2.45) is 0 Å². The van der Waals surface area contributed by atoms with E-state index in [1.54, 1.807) is 43.6 Å². The number of halogens is 1. The number of nitrogens with one attached hydrogen (secondary N) is 2. The molecule has 1 aromatic carbocycles. The number of hydrogen-bond acceptors (Lipinski definition) is 6. The third-order valence-electron chi connectivity index (χ3n) is 4.41. The highest BCUT2D eigenvalue weighted by Crippen LogP contribution is 2.27. The number of sulfonamides is 1. The lowest BCUT2D eigenvalue weighted by Gasteiger charge is -2.17. The predicted octanol–water partition coefficient (Wildman–Crippen LogP) is 2.93. The number of thiophene rings is 1. The van der Waals surface area contributed by atoms with E-state index in [1.807, 2.05) is 0 Å². The van der Waals surface area contributed by atoms with Gasteiger partial charge in [-0.15, -0.1) is 11.3 Å². The van der Waals surface area contributed by atoms with Crippen molar-refractivity contribution >= 4 is 44.8 Å². The molecule has 0 bridgehead atoms. The summed E-state index contributed by atoms with van der Waals surface area (Å²) in [5.74, 6) is -1.97. The summed E-state index contributed by atoms with van der Waals surface area (Å²) in [6.07, 6.45) is 3.22. The summed E-state index contributed by atoms with van der Waals surface area (Å²) in [5.41, 5.74) is 1.84. The zero-order chi connectivity index (χ0) is 22.6. The van der Waals surface area contributed by atoms with E-state index in [2.05, 4.69) is 15.0 Å². The zero-order valence-corrected chi connectivity index (χ0v) is 18.6. The molecule has 2 aromatic heterocycles. The van der Waals surface area contributed by atoms with Crippen LogP contribution < -0.4 is 10.0 Å². The second-order valence-corrected chi connectivity index (χ2v) is 9.89. The number of carboxylic acid groups (broad SMARTS) is 1. The Bertz CT molecular complexity index is 1210. The number of nitrogens with zero attached hydrogens (tertiary/aromatic N) is 1. The molecule has 31 heavy (non-hydrogen) atoms. The molecule has 0 aliphatic rings. The van der Waals surface area contributed by atoms with Crippen molar-refractivity contribution in [2.45, 2.75) is 17.9 Å². The highest BCUT2D eigenvalue weighted by atomic mass is 35.5. The molecule has 0 fully saturated rings. The monoisotopic (exact) mass is 479 g/mol. The number of carboxylic acids is 1. The quantitative estimate of drug-likeness (QED) is 0.456. The van der Waals surface area contributed by atoms with Gasteiger partial charge in [-0.1, -0.05) is 29.8 Å². The Balaban J connectivity index is 1.80. The average molecular weight is 480 g/mol. The van der Waals surface area contributed by atoms with Crippen molar-refractivity contribution in [3.63, 3.8) is 0 Å². The first-order valence-electron chi connectivity index (χ1n) is 8.97. The number of amides is 1. The van der Waals surface area contributed by atoms with Crippen LogP contribution in [0.3, 0.4) is 0 Å². The first kappa shape index (κ1) is 22.9. The normalized spacial score (nSPS) is 12.3. The molecule has 3 aromatic rings. The van der Waals surface area contributed by atoms with Crippen molar-refractivity contribution in [1.82, 2.24) is 15.0 Å². The van der Waals surface area contributed by atoms with Crippen LogP contribution in [0.1, 0.15) is 15.2 Å². The smallest absolute Gasteiger partial charge is 0.323 e. The van der Waals surface area contributed by atoms with Crippen LogP contribution in [0.4, 0.5) is 0 Å². The van der Waals surface area contributed by atoms with Gasteiger partial charge in [0.2, 0.25) is 10.0 Å². The maximum Gasteiger partial charge on any atom is 0.323 e. The molecule has 0 saturated heterocycles. The van der Waals surface area contributed by atoms with Crippen LogP contribution >= 0.6 is 22.9 Å². The summed E-state index contributed by atoms with van der Waals surface area (Å²) >= 11 is 6.82. The van der Waals surface area contributed by atoms with E-state index < -0.39 is 34.5 Å². The third-order valence-corrected chi connectivity index (χ3v) is 7.25. The minimum atomic E-state index is -4.20. The van der Waals surface area contributed by atoms with E-state index in [-0.39, 0.29) is 9.77 Å². The summed E-state index contributed by atoms with van der Waals surface area (Å²) in [6, 6.07) is 9.72. The highest BCUT2D eigenvalue weighted by Gasteiger charge is 2.28. The number of carbonyl (C=O) groups excluding carboxylic acids is 1. The first-order valence-corrected chi connectivity index (χ1v) is 11.7. The van der Waals surface area contributed by atoms with Gasteiger partial charge < -0.3 is 10.4 Å². The third kappa shape index (κ3) is 5.47. The lowest BCUT2D eigenvalue weighted by Crippen LogP contribution is -2.48. The molecular formula is C20H18ClN3O5S2. The minimum Gasteiger partial charge on any atom is -0.480 e. The van der Waals surface area contributed by atoms with E-state index in [4.69, 9.17) is 11.6 Å². The number of pyridine rings is 1. The van der Waals surface area contributed by atoms with Crippen LogP contribution in [0.15, 0.2) is 59.8 Å². The van der Waals surface area contributed by atoms with Crippen molar-refractivity contribution in [3.05, 3.63) is 69.6 Å². The molecule has 1 unspecified atom stereocenters. The fraction of sp³-hybridized carbons (Fsp3) is 0.150. The summed E-state index contributed by atoms with van der Waals surface area (Å²) < 4.78 is 28.5. The maximum atomic E-state index is 13.0. The molecule has 1 amide bonds. The topological polar surface area (TPSA) is 125 Å². The van der Waals surface area contributed by atoms with E-state index in [9.17, 15) is 23.1 Å². The number of aliphatic carboxylic acids is 1. The van der Waals surface area contributed by atoms with Crippen LogP contribution in [-0.4, -0.2) is 43.0 Å². The van der Waals surface area contributed by atoms with Crippen molar-refractivity contribution in [2.75, 3.05) is 6.54 Å². The van der Waals surface area contributed by atoms with Gasteiger partial charge >= 0.3 is 5.97 Å². The van der Waals surface area contributed by atoms with Crippen LogP contribution in [0.2, 0.25) is 4.34 Å². The molecule has 0 aliphatic heterocycles. The molecular weight excluding hydrogens is 462 g/mol. The van der Waals surface area contributed by atoms with Gasteiger partial charge in [0.15, 0.2) is 0 Å². The van der Waals surface area contributed by atoms with Gasteiger partial charge in [-0.2, -0.15) is 4.72 Å². The fourth-order valence-electron chi connectivity index (χ4n) is 2.89. The Kier molecular flexibility index (Phi) is 7.06. The summed E-state index contributed by atoms with van der Waals surface area (Å²) in [5, 5.41) is 11.9. The number of carbonyl (C=O) groups is 2. The standard InChI is InChI=1S/C20H18ClN3O5S2/c1-12-14(13-4-3-9-22-10-13)5-2-6-17(12)31(28,29)24-15(20(26)27)11-23-19(25)16-7-8-18(21)30-16/h2-10,15,24H,11H2,1H3,(H,23,25)(H,26,27). The summed E-state index contributed by atoms with van der Waals surface area (Å²) in [4.78, 5) is 28.0. The van der Waals surface area contributed by atoms with Crippen molar-refractivity contribution in [1.29, 1.82) is 0 Å². The van der Waals surface area contributed by atoms with Crippen LogP contribution in [-0.2, 0) is 14.8 Å². The Labute approximate surface area is 188 Å². The summed E-state index contributed by atoms with van der Waals surface area (Å²) in [6.45, 7) is 1.19. The van der Waals surface area contributed by atoms with Gasteiger partial charge in [-0.25, -0.2) is 8.42 Å². The predicted molar refractivity (Wildman–Crippen MR) is 118 cm³/mol. The molecule has 1 atom stereocenters.